The first-order valence-corrected chi connectivity index (χ1v) is 43.8. The Morgan fingerprint density at radius 2 is 1.06 bits per heavy atom. The molecule has 15 atom stereocenters. The minimum absolute atomic E-state index is 0.0620. The van der Waals surface area contributed by atoms with Gasteiger partial charge in [0.25, 0.3) is 0 Å². The van der Waals surface area contributed by atoms with Crippen molar-refractivity contribution < 1.29 is 97.5 Å². The summed E-state index contributed by atoms with van der Waals surface area (Å²) < 4.78 is 1.47. The van der Waals surface area contributed by atoms with Crippen LogP contribution in [0.5, 0.6) is 5.75 Å². The highest BCUT2D eigenvalue weighted by Crippen LogP contribution is 2.31. The normalized spacial score (nSPS) is 26.3. The van der Waals surface area contributed by atoms with Crippen molar-refractivity contribution in [2.75, 3.05) is 64.9 Å². The van der Waals surface area contributed by atoms with Gasteiger partial charge in [-0.25, -0.2) is 0 Å². The molecule has 9 rings (SSSR count). The van der Waals surface area contributed by atoms with Crippen LogP contribution in [0.15, 0.2) is 85.2 Å². The number of carboxylic acid groups (broad SMARTS) is 1. The Morgan fingerprint density at radius 1 is 0.540 bits per heavy atom. The molecule has 5 aromatic rings. The average molecular weight is 1750 g/mol. The summed E-state index contributed by atoms with van der Waals surface area (Å²) in [5.74, 6) is -14.5. The maximum Gasteiger partial charge on any atom is 0.323 e. The van der Waals surface area contributed by atoms with Crippen molar-refractivity contribution in [2.24, 2.45) is 23.3 Å². The van der Waals surface area contributed by atoms with Crippen LogP contribution in [-0.2, 0) is 97.7 Å². The first-order chi connectivity index (χ1) is 59.1. The number of amides is 14. The Kier molecular flexibility index (Phi) is 35.4. The van der Waals surface area contributed by atoms with Crippen molar-refractivity contribution in [3.8, 4) is 5.75 Å². The number of carbonyl (C=O) groups is 15. The average Bonchev–Trinajstić information content (AvgIpc) is 1.65. The summed E-state index contributed by atoms with van der Waals surface area (Å²) in [6.07, 6.45) is -0.279. The molecule has 4 aliphatic heterocycles. The number of para-hydroxylation sites is 2. The third-order valence-corrected chi connectivity index (χ3v) is 24.1. The number of thioether (sulfide) groups is 1. The van der Waals surface area contributed by atoms with Gasteiger partial charge < -0.3 is 114 Å². The molecule has 6 heterocycles. The number of aromatic nitrogens is 2. The van der Waals surface area contributed by atoms with Gasteiger partial charge in [-0.2, -0.15) is 11.8 Å². The van der Waals surface area contributed by atoms with Gasteiger partial charge in [0, 0.05) is 125 Å². The number of rotatable bonds is 22. The number of benzene rings is 3. The van der Waals surface area contributed by atoms with Crippen LogP contribution in [0.1, 0.15) is 141 Å². The lowest BCUT2D eigenvalue weighted by molar-refractivity contribution is -0.145. The Bertz CT molecular complexity index is 4640. The second-order valence-corrected chi connectivity index (χ2v) is 34.3. The number of likely N-dealkylation sites (N-methyl/N-ethyl adjacent to an activating group) is 1. The van der Waals surface area contributed by atoms with E-state index in [4.69, 9.17) is 11.5 Å². The monoisotopic (exact) mass is 1740 g/mol. The Labute approximate surface area is 723 Å². The molecule has 4 fully saturated rings. The molecule has 0 bridgehead atoms. The fourth-order valence-corrected chi connectivity index (χ4v) is 17.7. The van der Waals surface area contributed by atoms with E-state index in [9.17, 15) is 63.9 Å². The van der Waals surface area contributed by atoms with Crippen LogP contribution in [0.3, 0.4) is 0 Å². The Balaban J connectivity index is 1.07. The zero-order valence-corrected chi connectivity index (χ0v) is 72.1. The number of aliphatic carboxylic acids is 1. The van der Waals surface area contributed by atoms with E-state index in [0.717, 1.165) is 26.5 Å². The van der Waals surface area contributed by atoms with Crippen LogP contribution in [-0.4, -0.2) is 298 Å². The number of carbonyl (C=O) groups excluding carboxylic acids is 14. The van der Waals surface area contributed by atoms with Crippen LogP contribution in [0.4, 0.5) is 0 Å². The number of aromatic amines is 1. The van der Waals surface area contributed by atoms with Crippen molar-refractivity contribution in [3.05, 3.63) is 102 Å². The molecule has 124 heavy (non-hydrogen) atoms. The maximum absolute atomic E-state index is 15.5. The molecule has 4 aliphatic rings. The molecule has 18 N–H and O–H groups in total. The number of nitrogens with two attached hydrogens (primary N) is 2. The molecule has 0 spiro atoms. The van der Waals surface area contributed by atoms with Gasteiger partial charge in [0.15, 0.2) is 0 Å². The molecular formula is C86H121N17O20S. The predicted octanol–water partition coefficient (Wildman–Crippen LogP) is -0.565. The predicted molar refractivity (Wildman–Crippen MR) is 458 cm³/mol. The van der Waals surface area contributed by atoms with E-state index in [1.807, 2.05) is 20.8 Å². The van der Waals surface area contributed by atoms with Gasteiger partial charge in [-0.1, -0.05) is 115 Å². The van der Waals surface area contributed by atoms with E-state index in [1.165, 1.54) is 38.6 Å². The Morgan fingerprint density at radius 3 is 1.65 bits per heavy atom. The summed E-state index contributed by atoms with van der Waals surface area (Å²) in [7, 11) is 3.18. The molecule has 0 radical (unpaired) electrons. The van der Waals surface area contributed by atoms with Crippen LogP contribution < -0.4 is 54.0 Å². The van der Waals surface area contributed by atoms with Crippen LogP contribution in [0, 0.1) is 11.8 Å². The molecule has 38 heteroatoms. The van der Waals surface area contributed by atoms with Crippen LogP contribution in [0.2, 0.25) is 0 Å². The number of hydrogen-bond donors (Lipinski definition) is 16. The summed E-state index contributed by atoms with van der Waals surface area (Å²) in [5, 5.41) is 76.6. The number of fused-ring (bicyclic) bond motifs is 5. The first kappa shape index (κ1) is 96.6. The van der Waals surface area contributed by atoms with Gasteiger partial charge >= 0.3 is 5.97 Å². The van der Waals surface area contributed by atoms with E-state index >= 15 is 33.6 Å². The minimum Gasteiger partial charge on any atom is -0.508 e. The second kappa shape index (κ2) is 45.4. The third kappa shape index (κ3) is 25.7. The number of primary amides is 1. The highest BCUT2D eigenvalue weighted by Gasteiger charge is 2.48. The number of aliphatic hydroxyl groups excluding tert-OH is 3. The van der Waals surface area contributed by atoms with E-state index in [0.29, 0.717) is 83.4 Å². The molecule has 3 aromatic carbocycles. The number of hydrogen-bond acceptors (Lipinski definition) is 21. The quantitative estimate of drug-likeness (QED) is 0.0413. The van der Waals surface area contributed by atoms with Crippen LogP contribution >= 0.6 is 11.8 Å². The number of phenolic OH excluding ortho intramolecular Hbond substituents is 1. The lowest BCUT2D eigenvalue weighted by Gasteiger charge is -2.38. The van der Waals surface area contributed by atoms with E-state index < -0.39 is 225 Å². The number of nitrogens with zero attached hydrogens (tertiary/aromatic N) is 6. The molecule has 14 amide bonds. The number of unbranched alkanes of at least 4 members (excludes halogenated alkanes) is 2. The highest BCUT2D eigenvalue weighted by atomic mass is 32.2. The molecule has 2 aromatic heterocycles. The standard InChI is InChI=1S/C86H121N17O20S/c1-8-11-18-58-67(22-12-9-2)99(7)83(120)61(17-10-3)94-78(115)63(35-51-42-100(46-75(111)112)68-23-16-14-20-57(51)68)95-76(113)60(28-29-87)93-77(114)62(34-50-40-89-59-21-15-13-19-56(50)59)96-80(117)70-37-54(106)44-102(70)84(121)64(32-48(4)5)91-73(109)41-90-79(116)69-36-53(105)43-101(69)86(123)66(39-72(88)108)97-81(118)71-38-55(107)45-103(71)85(122)65(33-49-24-26-52(104)27-25-49)92-74(110)47-124-31-30-98(6)82(58)119/h13-16,19-21,23-27,40,42,48,53-55,58,60-67,69-71,89,104-107H,8-12,17-18,22,28-39,41,43-47,87H2,1-7H3,(H2,88,108)(H,90,116)(H,91,109)(H,92,110)(H,93,114)(H,94,115)(H,95,113)(H,96,117)(H,97,118)(H,111,112)/t53-,54-,55+,58?,60+,61?,62+,63+,64+,65+,66-,67?,69-,70+,71+/m1/s1. The second-order valence-electron chi connectivity index (χ2n) is 33.2. The number of aliphatic hydroxyl groups is 3. The highest BCUT2D eigenvalue weighted by molar-refractivity contribution is 7.99. The van der Waals surface area contributed by atoms with Crippen molar-refractivity contribution in [1.82, 2.24) is 76.6 Å². The summed E-state index contributed by atoms with van der Waals surface area (Å²) >= 11 is 1.13. The van der Waals surface area contributed by atoms with Crippen molar-refractivity contribution >= 4 is 122 Å². The molecule has 0 aliphatic carbocycles. The third-order valence-electron chi connectivity index (χ3n) is 23.2. The van der Waals surface area contributed by atoms with Gasteiger partial charge in [-0.3, -0.25) is 71.9 Å². The molecule has 0 saturated carbocycles. The SMILES string of the molecule is CCCCC1C(=O)N(C)CCSCC(=O)N[C@@H](Cc2ccc(O)cc2)C(=O)N2C[C@@H](O)C[C@H]2C(=O)N[C@H](CC(N)=O)C(=O)N2C[C@H](O)C[C@@H]2C(=O)NCC(=O)N[C@@H](CC(C)C)C(=O)N2C[C@H](O)C[C@H]2C(=O)N[C@@H](Cc2c[nH]c3ccccc23)C(=O)N[C@@H](CCN)C(=O)N[C@@H](Cc2cn(CC(=O)O)c3ccccc23)C(=O)NC(CCC)C(=O)N(C)C1CCCC. The number of phenols is 1. The number of aromatic hydroxyl groups is 1. The molecule has 3 unspecified atom stereocenters. The smallest absolute Gasteiger partial charge is 0.323 e. The zero-order chi connectivity index (χ0) is 90.3. The van der Waals surface area contributed by atoms with E-state index in [2.05, 4.69) is 47.5 Å². The summed E-state index contributed by atoms with van der Waals surface area (Å²) in [4.78, 5) is 228. The van der Waals surface area contributed by atoms with Crippen molar-refractivity contribution in [2.45, 2.75) is 235 Å². The molecule has 676 valence electrons. The van der Waals surface area contributed by atoms with Gasteiger partial charge in [0.05, 0.1) is 42.9 Å². The molecule has 37 nitrogen and oxygen atoms in total. The van der Waals surface area contributed by atoms with Gasteiger partial charge in [0.2, 0.25) is 82.7 Å². The van der Waals surface area contributed by atoms with Gasteiger partial charge in [-0.05, 0) is 85.5 Å². The summed E-state index contributed by atoms with van der Waals surface area (Å²) in [5.41, 5.74) is 14.4. The van der Waals surface area contributed by atoms with Gasteiger partial charge in [0.1, 0.15) is 72.7 Å². The summed E-state index contributed by atoms with van der Waals surface area (Å²) in [6.45, 7) is 6.37. The molecule has 4 saturated heterocycles. The lowest BCUT2D eigenvalue weighted by atomic mass is 9.87. The molecular weight excluding hydrogens is 1620 g/mol. The topological polar surface area (TPSA) is 542 Å². The fraction of sp³-hybridized carbons (Fsp3) is 0.570. The number of H-pyrrole nitrogens is 1. The number of nitrogens with one attached hydrogen (secondary N) is 9. The Hall–Kier alpha value is -11.2. The summed E-state index contributed by atoms with van der Waals surface area (Å²) in [6, 6.07) is 3.68. The van der Waals surface area contributed by atoms with E-state index in [1.54, 1.807) is 88.9 Å². The minimum atomic E-state index is -1.85. The number of carboxylic acids is 1. The van der Waals surface area contributed by atoms with Crippen LogP contribution in [0.25, 0.3) is 21.8 Å². The van der Waals surface area contributed by atoms with Crippen molar-refractivity contribution in [3.63, 3.8) is 0 Å². The fourth-order valence-electron chi connectivity index (χ4n) is 16.9. The lowest BCUT2D eigenvalue weighted by Crippen LogP contribution is -2.60. The van der Waals surface area contributed by atoms with Crippen molar-refractivity contribution in [1.29, 1.82) is 0 Å². The maximum atomic E-state index is 15.5. The van der Waals surface area contributed by atoms with Gasteiger partial charge in [-0.15, -0.1) is 0 Å². The zero-order valence-electron chi connectivity index (χ0n) is 71.3. The van der Waals surface area contributed by atoms with E-state index in [-0.39, 0.29) is 87.1 Å². The first-order valence-electron chi connectivity index (χ1n) is 42.6. The largest absolute Gasteiger partial charge is 0.508 e.